The summed E-state index contributed by atoms with van der Waals surface area (Å²) in [5.41, 5.74) is 2.73. The monoisotopic (exact) mass is 381 g/mol. The lowest BCUT2D eigenvalue weighted by atomic mass is 9.89. The van der Waals surface area contributed by atoms with Gasteiger partial charge in [-0.05, 0) is 54.6 Å². The fourth-order valence-corrected chi connectivity index (χ4v) is 4.61. The number of anilines is 1. The summed E-state index contributed by atoms with van der Waals surface area (Å²) in [5.74, 6) is 0.329. The number of nitrogens with one attached hydrogen (secondary N) is 2. The number of hydrogen-bond donors (Lipinski definition) is 2. The highest BCUT2D eigenvalue weighted by Crippen LogP contribution is 2.39. The summed E-state index contributed by atoms with van der Waals surface area (Å²) in [6, 6.07) is 11.9. The fraction of sp³-hybridized carbons (Fsp3) is 0.250. The molecule has 0 spiro atoms. The van der Waals surface area contributed by atoms with E-state index in [1.54, 1.807) is 17.4 Å². The van der Waals surface area contributed by atoms with Crippen LogP contribution in [-0.4, -0.2) is 11.0 Å². The number of hydrogen-bond acceptors (Lipinski definition) is 4. The summed E-state index contributed by atoms with van der Waals surface area (Å²) in [7, 11) is 0. The first kappa shape index (κ1) is 18.3. The van der Waals surface area contributed by atoms with Crippen molar-refractivity contribution in [2.45, 2.75) is 26.2 Å². The van der Waals surface area contributed by atoms with Crippen molar-refractivity contribution < 1.29 is 4.79 Å². The van der Waals surface area contributed by atoms with E-state index in [4.69, 9.17) is 12.2 Å². The number of carbonyl (C=O) groups is 1. The van der Waals surface area contributed by atoms with Crippen LogP contribution in [0.5, 0.6) is 0 Å². The zero-order chi connectivity index (χ0) is 18.5. The molecule has 1 aromatic carbocycles. The minimum atomic E-state index is -0.306. The molecule has 132 valence electrons. The molecule has 1 aliphatic rings. The van der Waals surface area contributed by atoms with Crippen LogP contribution in [0.2, 0.25) is 0 Å². The predicted octanol–water partition coefficient (Wildman–Crippen LogP) is 4.27. The van der Waals surface area contributed by atoms with Crippen molar-refractivity contribution in [2.24, 2.45) is 5.92 Å². The van der Waals surface area contributed by atoms with Gasteiger partial charge in [0, 0.05) is 11.0 Å². The van der Waals surface area contributed by atoms with E-state index in [0.29, 0.717) is 11.5 Å². The molecule has 6 heteroatoms. The Morgan fingerprint density at radius 3 is 2.88 bits per heavy atom. The summed E-state index contributed by atoms with van der Waals surface area (Å²) >= 11 is 6.80. The summed E-state index contributed by atoms with van der Waals surface area (Å²) < 4.78 is 0. The summed E-state index contributed by atoms with van der Waals surface area (Å²) in [4.78, 5) is 13.3. The molecule has 1 unspecified atom stereocenters. The molecule has 3 rings (SSSR count). The third-order valence-electron chi connectivity index (χ3n) is 4.31. The molecule has 4 nitrogen and oxygen atoms in total. The van der Waals surface area contributed by atoms with E-state index in [1.807, 2.05) is 30.3 Å². The summed E-state index contributed by atoms with van der Waals surface area (Å²) in [5, 5.41) is 16.1. The number of carbonyl (C=O) groups excluding carboxylic acids is 1. The maximum absolute atomic E-state index is 12.0. The Labute approximate surface area is 162 Å². The van der Waals surface area contributed by atoms with Gasteiger partial charge in [-0.15, -0.1) is 11.3 Å². The molecular weight excluding hydrogens is 362 g/mol. The standard InChI is InChI=1S/C20H19N3OS2/c1-13-7-9-15-16(12-21)19(26-17(15)11-13)23-20(25)22-18(24)10-8-14-5-3-2-4-6-14/h2-6,8,10,13H,7,9,11H2,1H3,(H2,22,23,24,25). The Hall–Kier alpha value is -2.49. The first-order valence-electron chi connectivity index (χ1n) is 8.46. The SMILES string of the molecule is CC1CCc2c(sc(NC(=S)NC(=O)C=Cc3ccccc3)c2C#N)C1. The van der Waals surface area contributed by atoms with Gasteiger partial charge in [0.15, 0.2) is 5.11 Å². The molecule has 1 aliphatic carbocycles. The first-order valence-corrected chi connectivity index (χ1v) is 9.69. The fourth-order valence-electron chi connectivity index (χ4n) is 2.98. The van der Waals surface area contributed by atoms with E-state index < -0.39 is 0 Å². The normalized spacial score (nSPS) is 15.9. The van der Waals surface area contributed by atoms with Crippen LogP contribution in [0.25, 0.3) is 6.08 Å². The third kappa shape index (κ3) is 4.37. The van der Waals surface area contributed by atoms with Crippen molar-refractivity contribution in [3.05, 3.63) is 58.0 Å². The molecule has 0 aliphatic heterocycles. The van der Waals surface area contributed by atoms with Gasteiger partial charge in [0.2, 0.25) is 5.91 Å². The van der Waals surface area contributed by atoms with Crippen molar-refractivity contribution in [3.63, 3.8) is 0 Å². The van der Waals surface area contributed by atoms with Gasteiger partial charge in [0.05, 0.1) is 5.56 Å². The highest BCUT2D eigenvalue weighted by Gasteiger charge is 2.24. The predicted molar refractivity (Wildman–Crippen MR) is 110 cm³/mol. The molecule has 0 saturated heterocycles. The molecule has 2 N–H and O–H groups in total. The summed E-state index contributed by atoms with van der Waals surface area (Å²) in [6.07, 6.45) is 6.19. The maximum Gasteiger partial charge on any atom is 0.250 e. The molecule has 1 amide bonds. The Balaban J connectivity index is 1.64. The van der Waals surface area contributed by atoms with E-state index in [9.17, 15) is 10.1 Å². The molecule has 2 aromatic rings. The number of nitriles is 1. The van der Waals surface area contributed by atoms with Crippen molar-refractivity contribution in [3.8, 4) is 6.07 Å². The zero-order valence-corrected chi connectivity index (χ0v) is 16.0. The van der Waals surface area contributed by atoms with Gasteiger partial charge < -0.3 is 5.32 Å². The highest BCUT2D eigenvalue weighted by molar-refractivity contribution is 7.80. The lowest BCUT2D eigenvalue weighted by Gasteiger charge is -2.17. The summed E-state index contributed by atoms with van der Waals surface area (Å²) in [6.45, 7) is 2.23. The second-order valence-corrected chi connectivity index (χ2v) is 7.87. The number of fused-ring (bicyclic) bond motifs is 1. The second kappa shape index (κ2) is 8.26. The smallest absolute Gasteiger partial charge is 0.250 e. The van der Waals surface area contributed by atoms with Crippen LogP contribution in [0.15, 0.2) is 36.4 Å². The van der Waals surface area contributed by atoms with Gasteiger partial charge in [0.1, 0.15) is 11.1 Å². The second-order valence-electron chi connectivity index (χ2n) is 6.36. The van der Waals surface area contributed by atoms with Crippen molar-refractivity contribution in [1.29, 1.82) is 5.26 Å². The molecule has 0 saturated carbocycles. The quantitative estimate of drug-likeness (QED) is 0.615. The average molecular weight is 382 g/mol. The Bertz CT molecular complexity index is 894. The van der Waals surface area contributed by atoms with Crippen LogP contribution in [0, 0.1) is 17.2 Å². The van der Waals surface area contributed by atoms with E-state index in [1.165, 1.54) is 11.0 Å². The molecule has 1 heterocycles. The number of benzene rings is 1. The van der Waals surface area contributed by atoms with Crippen LogP contribution in [0.1, 0.15) is 34.9 Å². The van der Waals surface area contributed by atoms with Crippen molar-refractivity contribution in [1.82, 2.24) is 5.32 Å². The van der Waals surface area contributed by atoms with Crippen molar-refractivity contribution >= 4 is 45.7 Å². The van der Waals surface area contributed by atoms with Gasteiger partial charge in [-0.25, -0.2) is 0 Å². The minimum Gasteiger partial charge on any atom is -0.323 e. The lowest BCUT2D eigenvalue weighted by Crippen LogP contribution is -2.32. The van der Waals surface area contributed by atoms with Crippen LogP contribution in [0.3, 0.4) is 0 Å². The molecular formula is C20H19N3OS2. The molecule has 1 atom stereocenters. The first-order chi connectivity index (χ1) is 12.6. The van der Waals surface area contributed by atoms with E-state index in [-0.39, 0.29) is 11.0 Å². The maximum atomic E-state index is 12.0. The molecule has 1 aromatic heterocycles. The lowest BCUT2D eigenvalue weighted by molar-refractivity contribution is -0.115. The minimum absolute atomic E-state index is 0.204. The van der Waals surface area contributed by atoms with Crippen LogP contribution >= 0.6 is 23.6 Å². The van der Waals surface area contributed by atoms with E-state index in [2.05, 4.69) is 23.6 Å². The Morgan fingerprint density at radius 1 is 1.38 bits per heavy atom. The third-order valence-corrected chi connectivity index (χ3v) is 5.69. The zero-order valence-electron chi connectivity index (χ0n) is 14.4. The van der Waals surface area contributed by atoms with Gasteiger partial charge in [-0.2, -0.15) is 5.26 Å². The van der Waals surface area contributed by atoms with Crippen LogP contribution in [-0.2, 0) is 17.6 Å². The molecule has 0 fully saturated rings. The van der Waals surface area contributed by atoms with E-state index >= 15 is 0 Å². The topological polar surface area (TPSA) is 64.9 Å². The molecule has 26 heavy (non-hydrogen) atoms. The Kier molecular flexibility index (Phi) is 5.82. The van der Waals surface area contributed by atoms with Crippen molar-refractivity contribution in [2.75, 3.05) is 5.32 Å². The van der Waals surface area contributed by atoms with Gasteiger partial charge >= 0.3 is 0 Å². The van der Waals surface area contributed by atoms with E-state index in [0.717, 1.165) is 35.4 Å². The number of thiophene rings is 1. The van der Waals surface area contributed by atoms with Gasteiger partial charge in [0.25, 0.3) is 0 Å². The molecule has 0 radical (unpaired) electrons. The highest BCUT2D eigenvalue weighted by atomic mass is 32.1. The number of amides is 1. The molecule has 0 bridgehead atoms. The van der Waals surface area contributed by atoms with Crippen LogP contribution < -0.4 is 10.6 Å². The largest absolute Gasteiger partial charge is 0.323 e. The van der Waals surface area contributed by atoms with Crippen LogP contribution in [0.4, 0.5) is 5.00 Å². The number of rotatable bonds is 3. The van der Waals surface area contributed by atoms with Gasteiger partial charge in [-0.3, -0.25) is 10.1 Å². The number of nitrogens with zero attached hydrogens (tertiary/aromatic N) is 1. The average Bonchev–Trinajstić information content (AvgIpc) is 2.96. The van der Waals surface area contributed by atoms with Gasteiger partial charge in [-0.1, -0.05) is 37.3 Å². The number of thiocarbonyl (C=S) groups is 1. The Morgan fingerprint density at radius 2 is 2.15 bits per heavy atom.